The third-order valence-corrected chi connectivity index (χ3v) is 7.46. The first-order valence-corrected chi connectivity index (χ1v) is 12.3. The number of hydrogen-bond donors (Lipinski definition) is 0. The van der Waals surface area contributed by atoms with E-state index in [0.29, 0.717) is 15.1 Å². The van der Waals surface area contributed by atoms with E-state index in [4.69, 9.17) is 46.4 Å². The maximum Gasteiger partial charge on any atom is 0.0680 e. The number of nitrogens with zero attached hydrogens (tertiary/aromatic N) is 2. The first-order valence-electron chi connectivity index (χ1n) is 9.93. The highest BCUT2D eigenvalue weighted by Crippen LogP contribution is 2.40. The summed E-state index contributed by atoms with van der Waals surface area (Å²) >= 11 is 26.6. The smallest absolute Gasteiger partial charge is 0.0680 e. The summed E-state index contributed by atoms with van der Waals surface area (Å²) in [6.07, 6.45) is 5.91. The van der Waals surface area contributed by atoms with Gasteiger partial charge in [-0.05, 0) is 55.6 Å². The topological polar surface area (TPSA) is 6.48 Å². The van der Waals surface area contributed by atoms with Crippen molar-refractivity contribution in [1.82, 2.24) is 4.31 Å². The second-order valence-corrected chi connectivity index (χ2v) is 9.82. The molecule has 1 aliphatic rings. The van der Waals surface area contributed by atoms with Gasteiger partial charge in [0.2, 0.25) is 0 Å². The van der Waals surface area contributed by atoms with E-state index in [-0.39, 0.29) is 6.04 Å². The van der Waals surface area contributed by atoms with Gasteiger partial charge in [-0.3, -0.25) is 0 Å². The molecular formula is C24H24Cl4N2S. The molecule has 0 amide bonds. The molecule has 1 aliphatic heterocycles. The van der Waals surface area contributed by atoms with Crippen LogP contribution < -0.4 is 4.90 Å². The molecule has 7 heteroatoms. The maximum atomic E-state index is 6.58. The third-order valence-electron chi connectivity index (χ3n) is 5.02. The molecule has 2 nitrogen and oxygen atoms in total. The Hall–Kier alpha value is -1.07. The molecule has 2 aromatic carbocycles. The molecule has 31 heavy (non-hydrogen) atoms. The molecule has 0 radical (unpaired) electrons. The molecule has 1 heterocycles. The normalized spacial score (nSPS) is 18.8. The number of allylic oxidation sites excluding steroid dienone is 4. The van der Waals surface area contributed by atoms with Crippen molar-refractivity contribution in [3.8, 4) is 0 Å². The van der Waals surface area contributed by atoms with E-state index >= 15 is 0 Å². The van der Waals surface area contributed by atoms with Gasteiger partial charge in [-0.1, -0.05) is 88.4 Å². The summed E-state index contributed by atoms with van der Waals surface area (Å²) in [6, 6.07) is 14.5. The molecule has 0 saturated carbocycles. The van der Waals surface area contributed by atoms with Gasteiger partial charge in [0.15, 0.2) is 0 Å². The summed E-state index contributed by atoms with van der Waals surface area (Å²) in [5.41, 5.74) is 4.87. The van der Waals surface area contributed by atoms with Crippen molar-refractivity contribution >= 4 is 64.0 Å². The molecule has 2 aromatic rings. The van der Waals surface area contributed by atoms with Crippen LogP contribution in [0, 0.1) is 6.92 Å². The molecule has 1 saturated heterocycles. The van der Waals surface area contributed by atoms with Gasteiger partial charge < -0.3 is 4.90 Å². The van der Waals surface area contributed by atoms with Crippen molar-refractivity contribution in [2.45, 2.75) is 19.9 Å². The average molecular weight is 514 g/mol. The maximum absolute atomic E-state index is 6.58. The van der Waals surface area contributed by atoms with E-state index in [2.05, 4.69) is 40.4 Å². The Kier molecular flexibility index (Phi) is 9.27. The quantitative estimate of drug-likeness (QED) is 0.282. The molecule has 164 valence electrons. The second-order valence-electron chi connectivity index (χ2n) is 7.21. The SMILES string of the molecule is C/C=C\C=C(\SN1CCN(c2ccc(Cl)cc2Cl)C(c2ccc(C)cc2)C1)C(Cl)=CCl. The van der Waals surface area contributed by atoms with Gasteiger partial charge in [0, 0.05) is 35.1 Å². The molecule has 0 N–H and O–H groups in total. The van der Waals surface area contributed by atoms with Crippen molar-refractivity contribution in [3.05, 3.63) is 97.3 Å². The lowest BCUT2D eigenvalue weighted by atomic mass is 10.0. The van der Waals surface area contributed by atoms with E-state index in [9.17, 15) is 0 Å². The van der Waals surface area contributed by atoms with Gasteiger partial charge in [0.05, 0.1) is 21.8 Å². The predicted molar refractivity (Wildman–Crippen MR) is 140 cm³/mol. The minimum atomic E-state index is 0.127. The van der Waals surface area contributed by atoms with Crippen LogP contribution in [-0.2, 0) is 0 Å². The number of hydrogen-bond acceptors (Lipinski definition) is 3. The average Bonchev–Trinajstić information content (AvgIpc) is 2.77. The second kappa shape index (κ2) is 11.7. The van der Waals surface area contributed by atoms with Gasteiger partial charge in [-0.25, -0.2) is 4.31 Å². The van der Waals surface area contributed by atoms with Gasteiger partial charge >= 0.3 is 0 Å². The number of anilines is 1. The molecular weight excluding hydrogens is 490 g/mol. The highest BCUT2D eigenvalue weighted by Gasteiger charge is 2.30. The number of rotatable bonds is 6. The van der Waals surface area contributed by atoms with Crippen molar-refractivity contribution in [3.63, 3.8) is 0 Å². The van der Waals surface area contributed by atoms with Crippen LogP contribution >= 0.6 is 58.4 Å². The van der Waals surface area contributed by atoms with Crippen LogP contribution in [0.1, 0.15) is 24.1 Å². The Labute approximate surface area is 209 Å². The van der Waals surface area contributed by atoms with Gasteiger partial charge in [0.1, 0.15) is 0 Å². The highest BCUT2D eigenvalue weighted by molar-refractivity contribution is 8.01. The van der Waals surface area contributed by atoms with Crippen LogP contribution in [0.5, 0.6) is 0 Å². The van der Waals surface area contributed by atoms with Crippen LogP contribution in [0.2, 0.25) is 10.0 Å². The summed E-state index contributed by atoms with van der Waals surface area (Å²) in [7, 11) is 0. The van der Waals surface area contributed by atoms with E-state index in [1.807, 2.05) is 37.3 Å². The zero-order valence-corrected chi connectivity index (χ0v) is 21.2. The monoisotopic (exact) mass is 512 g/mol. The highest BCUT2D eigenvalue weighted by atomic mass is 35.5. The predicted octanol–water partition coefficient (Wildman–Crippen LogP) is 8.59. The van der Waals surface area contributed by atoms with Crippen molar-refractivity contribution in [2.75, 3.05) is 24.5 Å². The van der Waals surface area contributed by atoms with E-state index < -0.39 is 0 Å². The molecule has 0 aliphatic carbocycles. The summed E-state index contributed by atoms with van der Waals surface area (Å²) < 4.78 is 2.32. The van der Waals surface area contributed by atoms with Crippen molar-refractivity contribution in [1.29, 1.82) is 0 Å². The van der Waals surface area contributed by atoms with Gasteiger partial charge in [-0.2, -0.15) is 0 Å². The molecule has 0 aromatic heterocycles. The molecule has 1 fully saturated rings. The molecule has 1 atom stereocenters. The van der Waals surface area contributed by atoms with E-state index in [0.717, 1.165) is 30.2 Å². The Morgan fingerprint density at radius 1 is 1.10 bits per heavy atom. The third kappa shape index (κ3) is 6.47. The fraction of sp³-hybridized carbons (Fsp3) is 0.250. The first-order chi connectivity index (χ1) is 14.9. The zero-order valence-electron chi connectivity index (χ0n) is 17.4. The van der Waals surface area contributed by atoms with Crippen LogP contribution in [0.3, 0.4) is 0 Å². The number of aryl methyl sites for hydroxylation is 1. The Bertz CT molecular complexity index is 986. The summed E-state index contributed by atoms with van der Waals surface area (Å²) in [5.74, 6) is 0. The van der Waals surface area contributed by atoms with E-state index in [1.165, 1.54) is 16.7 Å². The van der Waals surface area contributed by atoms with Crippen molar-refractivity contribution in [2.24, 2.45) is 0 Å². The fourth-order valence-electron chi connectivity index (χ4n) is 3.45. The summed E-state index contributed by atoms with van der Waals surface area (Å²) in [6.45, 7) is 6.52. The minimum absolute atomic E-state index is 0.127. The van der Waals surface area contributed by atoms with Crippen LogP contribution in [0.25, 0.3) is 0 Å². The lowest BCUT2D eigenvalue weighted by molar-refractivity contribution is 0.367. The fourth-order valence-corrected chi connectivity index (χ4v) is 5.27. The summed E-state index contributed by atoms with van der Waals surface area (Å²) in [4.78, 5) is 3.27. The number of benzene rings is 2. The Morgan fingerprint density at radius 2 is 1.84 bits per heavy atom. The van der Waals surface area contributed by atoms with Gasteiger partial charge in [-0.15, -0.1) is 0 Å². The summed E-state index contributed by atoms with van der Waals surface area (Å²) in [5, 5.41) is 1.82. The van der Waals surface area contributed by atoms with E-state index in [1.54, 1.807) is 18.0 Å². The van der Waals surface area contributed by atoms with Crippen molar-refractivity contribution < 1.29 is 0 Å². The molecule has 3 rings (SSSR count). The number of piperazine rings is 1. The standard InChI is InChI=1S/C24H24Cl4N2S/c1-3-4-5-24(21(28)15-25)31-29-12-13-30(22-11-10-19(26)14-20(22)27)23(16-29)18-8-6-17(2)7-9-18/h3-11,14-15,23H,12-13,16H2,1-2H3/b4-3-,21-15?,24-5+. The van der Waals surface area contributed by atoms with Crippen LogP contribution in [0.4, 0.5) is 5.69 Å². The molecule has 0 bridgehead atoms. The lowest BCUT2D eigenvalue weighted by Gasteiger charge is -2.43. The molecule has 1 unspecified atom stereocenters. The van der Waals surface area contributed by atoms with Gasteiger partial charge in [0.25, 0.3) is 0 Å². The van der Waals surface area contributed by atoms with Crippen LogP contribution in [-0.4, -0.2) is 23.9 Å². The Morgan fingerprint density at radius 3 is 2.48 bits per heavy atom. The Balaban J connectivity index is 1.91. The number of halogens is 4. The first kappa shape index (κ1) is 24.6. The largest absolute Gasteiger partial charge is 0.361 e. The molecule has 0 spiro atoms. The lowest BCUT2D eigenvalue weighted by Crippen LogP contribution is -2.46. The minimum Gasteiger partial charge on any atom is -0.361 e. The van der Waals surface area contributed by atoms with Crippen LogP contribution in [0.15, 0.2) is 76.2 Å². The zero-order chi connectivity index (χ0) is 22.4.